The number of hydrogen-bond acceptors (Lipinski definition) is 5. The van der Waals surface area contributed by atoms with Crippen LogP contribution in [0.3, 0.4) is 0 Å². The van der Waals surface area contributed by atoms with Gasteiger partial charge in [-0.15, -0.1) is 12.4 Å². The maximum Gasteiger partial charge on any atom is 0.317 e. The van der Waals surface area contributed by atoms with E-state index < -0.39 is 5.97 Å². The summed E-state index contributed by atoms with van der Waals surface area (Å²) in [5.74, 6) is -0.149. The molecule has 0 bridgehead atoms. The van der Waals surface area contributed by atoms with Crippen molar-refractivity contribution in [3.05, 3.63) is 24.3 Å². The summed E-state index contributed by atoms with van der Waals surface area (Å²) in [5.41, 5.74) is 0.721. The summed E-state index contributed by atoms with van der Waals surface area (Å²) in [6, 6.07) is 7.54. The molecular weight excluding hydrogens is 358 g/mol. The highest BCUT2D eigenvalue weighted by molar-refractivity contribution is 5.92. The first-order chi connectivity index (χ1) is 12.0. The molecule has 26 heavy (non-hydrogen) atoms. The van der Waals surface area contributed by atoms with E-state index in [9.17, 15) is 9.59 Å². The Morgan fingerprint density at radius 1 is 1.35 bits per heavy atom. The number of nitrogens with zero attached hydrogens (tertiary/aromatic N) is 2. The number of amides is 1. The normalized spacial score (nSPS) is 17.9. The molecule has 8 heteroatoms. The number of benzene rings is 1. The van der Waals surface area contributed by atoms with Crippen LogP contribution in [0.25, 0.3) is 0 Å². The summed E-state index contributed by atoms with van der Waals surface area (Å²) in [6.07, 6.45) is 2.79. The largest absolute Gasteiger partial charge is 0.497 e. The lowest BCUT2D eigenvalue weighted by molar-refractivity contribution is -0.138. The highest BCUT2D eigenvalue weighted by Gasteiger charge is 2.22. The number of carboxylic acid groups (broad SMARTS) is 1. The standard InChI is InChI=1S/C18H27N3O4.ClH/c1-20(13-18(23)24)15-6-4-9-21(10-8-15)12-17(22)19-14-5-3-7-16(11-14)25-2;/h3,5,7,11,15H,4,6,8-10,12-13H2,1-2H3,(H,19,22)(H,23,24);1H. The first-order valence-corrected chi connectivity index (χ1v) is 8.56. The van der Waals surface area contributed by atoms with E-state index in [2.05, 4.69) is 10.2 Å². The molecule has 1 aliphatic rings. The van der Waals surface area contributed by atoms with Gasteiger partial charge in [-0.25, -0.2) is 0 Å². The number of carbonyl (C=O) groups excluding carboxylic acids is 1. The number of hydrogen-bond donors (Lipinski definition) is 2. The Morgan fingerprint density at radius 3 is 2.81 bits per heavy atom. The molecule has 0 aliphatic carbocycles. The Labute approximate surface area is 160 Å². The smallest absolute Gasteiger partial charge is 0.317 e. The van der Waals surface area contributed by atoms with E-state index in [0.29, 0.717) is 12.3 Å². The number of anilines is 1. The number of carbonyl (C=O) groups is 2. The van der Waals surface area contributed by atoms with Crippen LogP contribution in [-0.2, 0) is 9.59 Å². The molecule has 1 unspecified atom stereocenters. The van der Waals surface area contributed by atoms with Crippen molar-refractivity contribution in [3.63, 3.8) is 0 Å². The third-order valence-corrected chi connectivity index (χ3v) is 4.52. The van der Waals surface area contributed by atoms with Crippen molar-refractivity contribution in [1.82, 2.24) is 9.80 Å². The minimum atomic E-state index is -0.804. The molecular formula is C18H28ClN3O4. The SMILES string of the molecule is COc1cccc(NC(=O)CN2CCCC(N(C)CC(=O)O)CC2)c1.Cl. The van der Waals surface area contributed by atoms with Gasteiger partial charge in [0.25, 0.3) is 0 Å². The van der Waals surface area contributed by atoms with Gasteiger partial charge in [0.2, 0.25) is 5.91 Å². The number of nitrogens with one attached hydrogen (secondary N) is 1. The van der Waals surface area contributed by atoms with Gasteiger partial charge in [-0.3, -0.25) is 19.4 Å². The number of ether oxygens (including phenoxy) is 1. The van der Waals surface area contributed by atoms with Crippen LogP contribution in [0.1, 0.15) is 19.3 Å². The Morgan fingerprint density at radius 2 is 2.12 bits per heavy atom. The molecule has 1 fully saturated rings. The van der Waals surface area contributed by atoms with Gasteiger partial charge in [0.05, 0.1) is 20.2 Å². The van der Waals surface area contributed by atoms with Gasteiger partial charge < -0.3 is 15.2 Å². The van der Waals surface area contributed by atoms with Gasteiger partial charge in [0.1, 0.15) is 5.75 Å². The number of methoxy groups -OCH3 is 1. The zero-order valence-electron chi connectivity index (χ0n) is 15.3. The molecule has 1 aromatic carbocycles. The van der Waals surface area contributed by atoms with Crippen molar-refractivity contribution in [2.45, 2.75) is 25.3 Å². The van der Waals surface area contributed by atoms with Gasteiger partial charge in [-0.05, 0) is 45.0 Å². The molecule has 7 nitrogen and oxygen atoms in total. The lowest BCUT2D eigenvalue weighted by Crippen LogP contribution is -2.37. The van der Waals surface area contributed by atoms with Crippen LogP contribution >= 0.6 is 12.4 Å². The van der Waals surface area contributed by atoms with E-state index in [0.717, 1.165) is 38.0 Å². The number of carboxylic acids is 1. The van der Waals surface area contributed by atoms with Crippen molar-refractivity contribution in [2.75, 3.05) is 45.7 Å². The average Bonchev–Trinajstić information content (AvgIpc) is 2.80. The van der Waals surface area contributed by atoms with E-state index in [1.807, 2.05) is 30.1 Å². The molecule has 0 radical (unpaired) electrons. The fourth-order valence-corrected chi connectivity index (χ4v) is 3.18. The minimum Gasteiger partial charge on any atom is -0.497 e. The highest BCUT2D eigenvalue weighted by Crippen LogP contribution is 2.18. The van der Waals surface area contributed by atoms with E-state index in [1.165, 1.54) is 0 Å². The molecule has 1 saturated heterocycles. The Kier molecular flexibility index (Phi) is 9.40. The third-order valence-electron chi connectivity index (χ3n) is 4.52. The van der Waals surface area contributed by atoms with Crippen molar-refractivity contribution >= 4 is 30.0 Å². The van der Waals surface area contributed by atoms with Gasteiger partial charge in [-0.2, -0.15) is 0 Å². The summed E-state index contributed by atoms with van der Waals surface area (Å²) >= 11 is 0. The quantitative estimate of drug-likeness (QED) is 0.746. The number of aliphatic carboxylic acids is 1. The molecule has 0 aromatic heterocycles. The first-order valence-electron chi connectivity index (χ1n) is 8.56. The van der Waals surface area contributed by atoms with E-state index in [4.69, 9.17) is 9.84 Å². The second-order valence-electron chi connectivity index (χ2n) is 6.45. The zero-order valence-corrected chi connectivity index (χ0v) is 16.1. The van der Waals surface area contributed by atoms with Crippen molar-refractivity contribution in [3.8, 4) is 5.75 Å². The van der Waals surface area contributed by atoms with Crippen LogP contribution in [0.2, 0.25) is 0 Å². The van der Waals surface area contributed by atoms with Crippen molar-refractivity contribution < 1.29 is 19.4 Å². The molecule has 1 amide bonds. The molecule has 1 heterocycles. The van der Waals surface area contributed by atoms with Crippen molar-refractivity contribution in [2.24, 2.45) is 0 Å². The van der Waals surface area contributed by atoms with Crippen LogP contribution < -0.4 is 10.1 Å². The van der Waals surface area contributed by atoms with Crippen LogP contribution in [0.5, 0.6) is 5.75 Å². The molecule has 1 aromatic rings. The lowest BCUT2D eigenvalue weighted by Gasteiger charge is -2.25. The molecule has 2 rings (SSSR count). The maximum atomic E-state index is 12.3. The van der Waals surface area contributed by atoms with Crippen LogP contribution in [0, 0.1) is 0 Å². The molecule has 2 N–H and O–H groups in total. The number of likely N-dealkylation sites (tertiary alicyclic amines) is 1. The second kappa shape index (κ2) is 11.0. The van der Waals surface area contributed by atoms with E-state index in [1.54, 1.807) is 13.2 Å². The topological polar surface area (TPSA) is 82.1 Å². The van der Waals surface area contributed by atoms with E-state index >= 15 is 0 Å². The minimum absolute atomic E-state index is 0. The summed E-state index contributed by atoms with van der Waals surface area (Å²) in [7, 11) is 3.44. The molecule has 0 spiro atoms. The van der Waals surface area contributed by atoms with Crippen LogP contribution in [0.15, 0.2) is 24.3 Å². The summed E-state index contributed by atoms with van der Waals surface area (Å²) < 4.78 is 5.16. The monoisotopic (exact) mass is 385 g/mol. The van der Waals surface area contributed by atoms with Gasteiger partial charge >= 0.3 is 5.97 Å². The fraction of sp³-hybridized carbons (Fsp3) is 0.556. The summed E-state index contributed by atoms with van der Waals surface area (Å²) in [6.45, 7) is 2.04. The van der Waals surface area contributed by atoms with Crippen LogP contribution in [-0.4, -0.2) is 73.2 Å². The molecule has 1 aliphatic heterocycles. The predicted octanol–water partition coefficient (Wildman–Crippen LogP) is 1.93. The number of likely N-dealkylation sites (N-methyl/N-ethyl adjacent to an activating group) is 1. The summed E-state index contributed by atoms with van der Waals surface area (Å²) in [4.78, 5) is 27.1. The molecule has 0 saturated carbocycles. The Bertz CT molecular complexity index is 600. The number of rotatable bonds is 7. The van der Waals surface area contributed by atoms with Gasteiger partial charge in [0, 0.05) is 24.3 Å². The Hall–Kier alpha value is -1.83. The second-order valence-corrected chi connectivity index (χ2v) is 6.45. The predicted molar refractivity (Wildman–Crippen MR) is 103 cm³/mol. The molecule has 1 atom stereocenters. The Balaban J connectivity index is 0.00000338. The lowest BCUT2D eigenvalue weighted by atomic mass is 10.1. The van der Waals surface area contributed by atoms with Gasteiger partial charge in [-0.1, -0.05) is 6.07 Å². The highest BCUT2D eigenvalue weighted by atomic mass is 35.5. The number of halogens is 1. The first kappa shape index (κ1) is 22.2. The van der Waals surface area contributed by atoms with Gasteiger partial charge in [0.15, 0.2) is 0 Å². The average molecular weight is 386 g/mol. The molecule has 146 valence electrons. The zero-order chi connectivity index (χ0) is 18.2. The van der Waals surface area contributed by atoms with Crippen molar-refractivity contribution in [1.29, 1.82) is 0 Å². The van der Waals surface area contributed by atoms with Crippen LogP contribution in [0.4, 0.5) is 5.69 Å². The third kappa shape index (κ3) is 7.19. The summed E-state index contributed by atoms with van der Waals surface area (Å²) in [5, 5.41) is 11.8. The maximum absolute atomic E-state index is 12.3. The fourth-order valence-electron chi connectivity index (χ4n) is 3.18. The van der Waals surface area contributed by atoms with E-state index in [-0.39, 0.29) is 30.9 Å².